The lowest BCUT2D eigenvalue weighted by Gasteiger charge is -2.20. The van der Waals surface area contributed by atoms with Gasteiger partial charge in [-0.2, -0.15) is 0 Å². The van der Waals surface area contributed by atoms with Crippen molar-refractivity contribution < 1.29 is 51.9 Å². The molecule has 2 unspecified atom stereocenters. The minimum Gasteiger partial charge on any atom is -0.462 e. The summed E-state index contributed by atoms with van der Waals surface area (Å²) in [6.45, 7) is 14.0. The predicted octanol–water partition coefficient (Wildman–Crippen LogP) is 14.1. The summed E-state index contributed by atoms with van der Waals surface area (Å²) in [7, 11) is -4.61. The van der Waals surface area contributed by atoms with Crippen molar-refractivity contribution in [2.24, 2.45) is 0 Å². The van der Waals surface area contributed by atoms with Crippen LogP contribution in [0, 0.1) is 10.1 Å². The molecule has 0 fully saturated rings. The zero-order valence-corrected chi connectivity index (χ0v) is 47.6. The van der Waals surface area contributed by atoms with Gasteiger partial charge in [0.05, 0.1) is 23.8 Å². The van der Waals surface area contributed by atoms with Crippen LogP contribution in [0.25, 0.3) is 11.0 Å². The van der Waals surface area contributed by atoms with Gasteiger partial charge in [-0.05, 0) is 61.7 Å². The first-order valence-electron chi connectivity index (χ1n) is 29.0. The number of amides is 1. The number of rotatable bonds is 49. The molecule has 2 rings (SSSR count). The van der Waals surface area contributed by atoms with Crippen LogP contribution in [0.1, 0.15) is 240 Å². The van der Waals surface area contributed by atoms with Gasteiger partial charge in [-0.1, -0.05) is 195 Å². The number of hydrogen-bond acceptors (Lipinski definition) is 15. The Labute approximate surface area is 445 Å². The molecule has 428 valence electrons. The number of phosphoric ester groups is 1. The molecule has 2 atom stereocenters. The third-order valence-corrected chi connectivity index (χ3v) is 14.1. The van der Waals surface area contributed by atoms with E-state index in [4.69, 9.17) is 18.5 Å². The number of hydrogen-bond donors (Lipinski definition) is 3. The van der Waals surface area contributed by atoms with Crippen molar-refractivity contribution in [3.05, 3.63) is 22.2 Å². The summed E-state index contributed by atoms with van der Waals surface area (Å²) in [5.74, 6) is -1.18. The Morgan fingerprint density at radius 3 is 1.57 bits per heavy atom. The van der Waals surface area contributed by atoms with E-state index < -0.39 is 37.4 Å². The van der Waals surface area contributed by atoms with E-state index in [1.54, 1.807) is 6.07 Å². The van der Waals surface area contributed by atoms with Crippen molar-refractivity contribution in [3.8, 4) is 0 Å². The molecular formula is C55H101N6O12P. The number of carbonyl (C=O) groups excluding carboxylic acids is 3. The monoisotopic (exact) mass is 1070 g/mol. The second-order valence-electron chi connectivity index (χ2n) is 19.4. The average molecular weight is 1070 g/mol. The van der Waals surface area contributed by atoms with Crippen LogP contribution in [0.5, 0.6) is 0 Å². The third-order valence-electron chi connectivity index (χ3n) is 13.1. The smallest absolute Gasteiger partial charge is 0.462 e. The Morgan fingerprint density at radius 2 is 1.08 bits per heavy atom. The molecule has 0 saturated carbocycles. The maximum absolute atomic E-state index is 12.8. The molecule has 1 amide bonds. The molecule has 0 radical (unpaired) electrons. The van der Waals surface area contributed by atoms with Crippen LogP contribution in [0.15, 0.2) is 16.8 Å². The number of ether oxygens (including phenoxy) is 2. The van der Waals surface area contributed by atoms with Crippen LogP contribution in [-0.4, -0.2) is 102 Å². The maximum Gasteiger partial charge on any atom is 0.472 e. The second-order valence-corrected chi connectivity index (χ2v) is 20.9. The van der Waals surface area contributed by atoms with Gasteiger partial charge in [0.1, 0.15) is 6.61 Å². The summed E-state index contributed by atoms with van der Waals surface area (Å²) in [4.78, 5) is 61.1. The number of nitro benzene ring substituents is 1. The standard InChI is InChI=1S/C49H86N5O12P.C6H15N/c1-3-5-7-9-11-13-15-17-19-21-23-25-29-33-46(56)62-40-42(65-47(57)34-30-26-24-22-20-18-16-14-12-10-8-6-4-2)41-64-67(60,61)63-39-38-51-45(55)32-28-27-31-37-50-43-35-36-44(54(58)59)49-48(43)52-66-53-49;1-4-7(5-2)6-3/h35-36,42,50H,3-34,37-41H2,1-2H3,(H,51,55)(H,60,61);4-6H2,1-3H3. The van der Waals surface area contributed by atoms with Crippen molar-refractivity contribution in [2.75, 3.05) is 57.9 Å². The highest BCUT2D eigenvalue weighted by Crippen LogP contribution is 2.43. The summed E-state index contributed by atoms with van der Waals surface area (Å²) >= 11 is 0. The van der Waals surface area contributed by atoms with Crippen LogP contribution < -0.4 is 10.6 Å². The Bertz CT molecular complexity index is 1760. The van der Waals surface area contributed by atoms with Crippen LogP contribution >= 0.6 is 7.82 Å². The zero-order chi connectivity index (χ0) is 54.3. The van der Waals surface area contributed by atoms with Crippen molar-refractivity contribution >= 4 is 48.1 Å². The molecule has 0 spiro atoms. The van der Waals surface area contributed by atoms with Gasteiger partial charge in [-0.3, -0.25) is 33.5 Å². The highest BCUT2D eigenvalue weighted by atomic mass is 31.2. The quantitative estimate of drug-likeness (QED) is 0.0184. The number of nitrogens with one attached hydrogen (secondary N) is 2. The molecule has 74 heavy (non-hydrogen) atoms. The number of unbranched alkanes of at least 4 members (excludes halogenated alkanes) is 26. The highest BCUT2D eigenvalue weighted by Gasteiger charge is 2.26. The lowest BCUT2D eigenvalue weighted by Crippen LogP contribution is -2.30. The van der Waals surface area contributed by atoms with Crippen molar-refractivity contribution in [1.29, 1.82) is 0 Å². The molecule has 18 nitrogen and oxygen atoms in total. The Kier molecular flexibility index (Phi) is 43.0. The Hall–Kier alpha value is -3.70. The normalized spacial score (nSPS) is 12.5. The van der Waals surface area contributed by atoms with E-state index in [0.29, 0.717) is 44.3 Å². The average Bonchev–Trinajstić information content (AvgIpc) is 3.89. The van der Waals surface area contributed by atoms with Gasteiger partial charge in [0, 0.05) is 38.4 Å². The number of non-ortho nitro benzene ring substituents is 1. The Balaban J connectivity index is 0.00000363. The summed E-state index contributed by atoms with van der Waals surface area (Å²) in [6, 6.07) is 2.88. The number of nitrogens with zero attached hydrogens (tertiary/aromatic N) is 4. The molecule has 0 aliphatic heterocycles. The van der Waals surface area contributed by atoms with E-state index in [1.165, 1.54) is 141 Å². The summed E-state index contributed by atoms with van der Waals surface area (Å²) in [5.41, 5.74) is 0.690. The molecule has 1 aromatic carbocycles. The molecule has 0 bridgehead atoms. The number of phosphoric acid groups is 1. The molecule has 3 N–H and O–H groups in total. The lowest BCUT2D eigenvalue weighted by atomic mass is 10.0. The van der Waals surface area contributed by atoms with Crippen molar-refractivity contribution in [2.45, 2.75) is 246 Å². The van der Waals surface area contributed by atoms with Gasteiger partial charge in [-0.25, -0.2) is 9.19 Å². The van der Waals surface area contributed by atoms with Crippen molar-refractivity contribution in [3.63, 3.8) is 0 Å². The van der Waals surface area contributed by atoms with E-state index in [0.717, 1.165) is 38.5 Å². The minimum absolute atomic E-state index is 0.0372. The number of esters is 2. The first-order chi connectivity index (χ1) is 35.9. The molecule has 0 aliphatic carbocycles. The first-order valence-corrected chi connectivity index (χ1v) is 30.5. The van der Waals surface area contributed by atoms with Gasteiger partial charge >= 0.3 is 25.4 Å². The Morgan fingerprint density at radius 1 is 0.622 bits per heavy atom. The van der Waals surface area contributed by atoms with Gasteiger partial charge in [0.15, 0.2) is 11.6 Å². The summed E-state index contributed by atoms with van der Waals surface area (Å²) in [6.07, 6.45) is 32.4. The molecule has 19 heteroatoms. The van der Waals surface area contributed by atoms with Crippen LogP contribution in [0.3, 0.4) is 0 Å². The van der Waals surface area contributed by atoms with Crippen LogP contribution in [0.2, 0.25) is 0 Å². The van der Waals surface area contributed by atoms with E-state index in [2.05, 4.69) is 65.1 Å². The number of aromatic nitrogens is 2. The van der Waals surface area contributed by atoms with E-state index in [-0.39, 0.29) is 61.6 Å². The maximum atomic E-state index is 12.8. The van der Waals surface area contributed by atoms with E-state index in [9.17, 15) is 34.0 Å². The van der Waals surface area contributed by atoms with E-state index in [1.807, 2.05) is 0 Å². The molecule has 0 saturated heterocycles. The summed E-state index contributed by atoms with van der Waals surface area (Å²) < 4.78 is 38.6. The molecule has 1 aromatic heterocycles. The zero-order valence-electron chi connectivity index (χ0n) is 46.7. The van der Waals surface area contributed by atoms with E-state index >= 15 is 0 Å². The lowest BCUT2D eigenvalue weighted by molar-refractivity contribution is -0.383. The highest BCUT2D eigenvalue weighted by molar-refractivity contribution is 7.47. The SMILES string of the molecule is CCCCCCCCCCCCCCCC(=O)OCC(COP(=O)(O)OCCNC(=O)CCCCCNc1ccc([N+](=O)[O-])c2nonc12)OC(=O)CCCCCCCCCCCCCCC.CCN(CC)CC. The third kappa shape index (κ3) is 37.1. The fourth-order valence-corrected chi connectivity index (χ4v) is 9.22. The number of nitro groups is 1. The number of benzene rings is 1. The minimum atomic E-state index is -4.61. The predicted molar refractivity (Wildman–Crippen MR) is 295 cm³/mol. The van der Waals surface area contributed by atoms with Gasteiger partial charge in [0.2, 0.25) is 11.4 Å². The number of anilines is 1. The van der Waals surface area contributed by atoms with Gasteiger partial charge in [0.25, 0.3) is 0 Å². The van der Waals surface area contributed by atoms with Gasteiger partial charge in [-0.15, -0.1) is 0 Å². The van der Waals surface area contributed by atoms with Crippen LogP contribution in [-0.2, 0) is 37.5 Å². The number of carbonyl (C=O) groups is 3. The molecular weight excluding hydrogens is 968 g/mol. The van der Waals surface area contributed by atoms with Crippen LogP contribution in [0.4, 0.5) is 11.4 Å². The molecule has 2 aromatic rings. The topological polar surface area (TPSA) is 235 Å². The number of fused-ring (bicyclic) bond motifs is 1. The fourth-order valence-electron chi connectivity index (χ4n) is 8.47. The fraction of sp³-hybridized carbons (Fsp3) is 0.836. The second kappa shape index (κ2) is 46.6. The van der Waals surface area contributed by atoms with Gasteiger partial charge < -0.3 is 29.9 Å². The molecule has 0 aliphatic rings. The largest absolute Gasteiger partial charge is 0.472 e. The molecule has 1 heterocycles. The first kappa shape index (κ1) is 68.3. The van der Waals surface area contributed by atoms with Crippen molar-refractivity contribution in [1.82, 2.24) is 20.5 Å². The summed E-state index contributed by atoms with van der Waals surface area (Å²) in [5, 5.41) is 24.4.